The summed E-state index contributed by atoms with van der Waals surface area (Å²) >= 11 is 0. The molecule has 1 N–H and O–H groups in total. The summed E-state index contributed by atoms with van der Waals surface area (Å²) in [4.78, 5) is 18.8. The van der Waals surface area contributed by atoms with Gasteiger partial charge in [-0.15, -0.1) is 0 Å². The Hall–Kier alpha value is -1.53. The Morgan fingerprint density at radius 2 is 2.00 bits per heavy atom. The number of alkyl halides is 3. The minimum absolute atomic E-state index is 0.227. The third-order valence-corrected chi connectivity index (χ3v) is 0.818. The van der Waals surface area contributed by atoms with E-state index >= 15 is 0 Å². The van der Waals surface area contributed by atoms with E-state index in [0.717, 1.165) is 0 Å². The average molecular weight is 198 g/mol. The van der Waals surface area contributed by atoms with Crippen molar-refractivity contribution in [2.24, 2.45) is 0 Å². The number of esters is 1. The van der Waals surface area contributed by atoms with Gasteiger partial charge in [0.2, 0.25) is 0 Å². The van der Waals surface area contributed by atoms with Gasteiger partial charge in [0.05, 0.1) is 0 Å². The lowest BCUT2D eigenvalue weighted by Crippen LogP contribution is -2.21. The van der Waals surface area contributed by atoms with Crippen LogP contribution in [0, 0.1) is 0 Å². The Labute approximate surface area is 70.6 Å². The van der Waals surface area contributed by atoms with Crippen LogP contribution in [0.25, 0.3) is 0 Å². The summed E-state index contributed by atoms with van der Waals surface area (Å²) in [5, 5.41) is 7.12. The second kappa shape index (κ2) is 4.48. The second-order valence-electron chi connectivity index (χ2n) is 1.84. The molecule has 0 aromatic carbocycles. The molecule has 0 spiro atoms. The highest BCUT2D eigenvalue weighted by molar-refractivity contribution is 5.83. The first kappa shape index (κ1) is 11.5. The number of cyclic esters (lactones) is 1. The van der Waals surface area contributed by atoms with Crippen molar-refractivity contribution < 1.29 is 32.6 Å². The Morgan fingerprint density at radius 3 is 2.08 bits per heavy atom. The van der Waals surface area contributed by atoms with Crippen molar-refractivity contribution in [3.63, 3.8) is 0 Å². The number of halogens is 3. The molecule has 13 heavy (non-hydrogen) atoms. The Kier molecular flexibility index (Phi) is 3.96. The third kappa shape index (κ3) is 5.71. The molecule has 0 atom stereocenters. The third-order valence-electron chi connectivity index (χ3n) is 0.818. The number of hydrogen-bond donors (Lipinski definition) is 1. The molecule has 0 amide bonds. The first-order chi connectivity index (χ1) is 5.84. The van der Waals surface area contributed by atoms with E-state index in [1.54, 1.807) is 6.08 Å². The van der Waals surface area contributed by atoms with Crippen molar-refractivity contribution in [1.82, 2.24) is 0 Å². The fraction of sp³-hybridized carbons (Fsp3) is 0.333. The lowest BCUT2D eigenvalue weighted by Gasteiger charge is -1.93. The molecule has 1 aliphatic heterocycles. The molecule has 4 nitrogen and oxygen atoms in total. The van der Waals surface area contributed by atoms with Crippen LogP contribution in [0.1, 0.15) is 0 Å². The van der Waals surface area contributed by atoms with Crippen LogP contribution in [-0.2, 0) is 14.3 Å². The average Bonchev–Trinajstić information content (AvgIpc) is 2.38. The highest BCUT2D eigenvalue weighted by atomic mass is 19.4. The van der Waals surface area contributed by atoms with Crippen LogP contribution >= 0.6 is 0 Å². The molecular weight excluding hydrogens is 193 g/mol. The molecule has 1 heterocycles. The van der Waals surface area contributed by atoms with Crippen molar-refractivity contribution in [3.05, 3.63) is 12.2 Å². The predicted molar refractivity (Wildman–Crippen MR) is 33.8 cm³/mol. The standard InChI is InChI=1S/C4H4O2.C2HF3O2/c5-4-2-1-3-6-4;3-2(4,5)1(6)7/h1-2H,3H2;(H,6,7). The number of ether oxygens (including phenoxy) is 1. The molecule has 0 aliphatic carbocycles. The lowest BCUT2D eigenvalue weighted by molar-refractivity contribution is -0.192. The van der Waals surface area contributed by atoms with Gasteiger partial charge in [0, 0.05) is 6.08 Å². The maximum absolute atomic E-state index is 10.6. The van der Waals surface area contributed by atoms with E-state index in [-0.39, 0.29) is 5.97 Å². The quantitative estimate of drug-likeness (QED) is 0.583. The number of carboxylic acid groups (broad SMARTS) is 1. The minimum Gasteiger partial charge on any atom is -0.475 e. The van der Waals surface area contributed by atoms with Crippen LogP contribution in [0.15, 0.2) is 12.2 Å². The van der Waals surface area contributed by atoms with Gasteiger partial charge in [0.1, 0.15) is 6.61 Å². The van der Waals surface area contributed by atoms with Gasteiger partial charge >= 0.3 is 18.1 Å². The Morgan fingerprint density at radius 1 is 1.54 bits per heavy atom. The van der Waals surface area contributed by atoms with Gasteiger partial charge in [0.15, 0.2) is 0 Å². The summed E-state index contributed by atoms with van der Waals surface area (Å²) in [7, 11) is 0. The zero-order valence-electron chi connectivity index (χ0n) is 6.17. The molecule has 74 valence electrons. The van der Waals surface area contributed by atoms with Crippen molar-refractivity contribution in [2.45, 2.75) is 6.18 Å². The maximum atomic E-state index is 10.6. The first-order valence-electron chi connectivity index (χ1n) is 2.97. The van der Waals surface area contributed by atoms with Gasteiger partial charge < -0.3 is 9.84 Å². The molecule has 0 saturated carbocycles. The van der Waals surface area contributed by atoms with Crippen LogP contribution in [0.3, 0.4) is 0 Å². The summed E-state index contributed by atoms with van der Waals surface area (Å²) in [6, 6.07) is 0. The molecular formula is C6H5F3O4. The van der Waals surface area contributed by atoms with E-state index in [1.807, 2.05) is 0 Å². The number of carboxylic acids is 1. The number of rotatable bonds is 0. The zero-order chi connectivity index (χ0) is 10.5. The van der Waals surface area contributed by atoms with Crippen LogP contribution < -0.4 is 0 Å². The predicted octanol–water partition coefficient (Wildman–Crippen LogP) is 0.733. The summed E-state index contributed by atoms with van der Waals surface area (Å²) in [5.74, 6) is -2.98. The highest BCUT2D eigenvalue weighted by Crippen LogP contribution is 2.13. The molecule has 1 rings (SSSR count). The molecule has 0 bridgehead atoms. The van der Waals surface area contributed by atoms with Gasteiger partial charge in [-0.25, -0.2) is 9.59 Å². The molecule has 7 heteroatoms. The Bertz CT molecular complexity index is 231. The van der Waals surface area contributed by atoms with Gasteiger partial charge in [0.25, 0.3) is 0 Å². The normalized spacial score (nSPS) is 14.5. The van der Waals surface area contributed by atoms with Gasteiger partial charge in [-0.2, -0.15) is 13.2 Å². The summed E-state index contributed by atoms with van der Waals surface area (Å²) in [6.07, 6.45) is -1.98. The van der Waals surface area contributed by atoms with E-state index in [2.05, 4.69) is 4.74 Å². The SMILES string of the molecule is O=C(O)C(F)(F)F.O=C1C=CCO1. The van der Waals surface area contributed by atoms with E-state index in [0.29, 0.717) is 6.61 Å². The van der Waals surface area contributed by atoms with Gasteiger partial charge in [-0.3, -0.25) is 0 Å². The monoisotopic (exact) mass is 198 g/mol. The largest absolute Gasteiger partial charge is 0.490 e. The zero-order valence-corrected chi connectivity index (χ0v) is 6.17. The number of hydrogen-bond acceptors (Lipinski definition) is 3. The topological polar surface area (TPSA) is 63.6 Å². The van der Waals surface area contributed by atoms with Crippen molar-refractivity contribution in [1.29, 1.82) is 0 Å². The highest BCUT2D eigenvalue weighted by Gasteiger charge is 2.38. The molecule has 0 fully saturated rings. The molecule has 0 aromatic heterocycles. The number of carbonyl (C=O) groups excluding carboxylic acids is 1. The van der Waals surface area contributed by atoms with Gasteiger partial charge in [-0.05, 0) is 6.08 Å². The first-order valence-corrected chi connectivity index (χ1v) is 2.97. The molecule has 0 aromatic rings. The number of carbonyl (C=O) groups is 2. The van der Waals surface area contributed by atoms with Crippen LogP contribution in [0.4, 0.5) is 13.2 Å². The second-order valence-corrected chi connectivity index (χ2v) is 1.84. The van der Waals surface area contributed by atoms with Crippen molar-refractivity contribution in [3.8, 4) is 0 Å². The van der Waals surface area contributed by atoms with E-state index in [4.69, 9.17) is 9.90 Å². The van der Waals surface area contributed by atoms with Crippen molar-refractivity contribution in [2.75, 3.05) is 6.61 Å². The number of aliphatic carboxylic acids is 1. The lowest BCUT2D eigenvalue weighted by atomic mass is 10.6. The fourth-order valence-corrected chi connectivity index (χ4v) is 0.323. The summed E-state index contributed by atoms with van der Waals surface area (Å²) in [5.41, 5.74) is 0. The molecule has 0 unspecified atom stereocenters. The van der Waals surface area contributed by atoms with Crippen molar-refractivity contribution >= 4 is 11.9 Å². The maximum Gasteiger partial charge on any atom is 0.490 e. The van der Waals surface area contributed by atoms with E-state index in [9.17, 15) is 18.0 Å². The summed E-state index contributed by atoms with van der Waals surface area (Å²) in [6.45, 7) is 0.457. The molecule has 0 saturated heterocycles. The molecule has 1 aliphatic rings. The summed E-state index contributed by atoms with van der Waals surface area (Å²) < 4.78 is 36.1. The van der Waals surface area contributed by atoms with E-state index in [1.165, 1.54) is 6.08 Å². The van der Waals surface area contributed by atoms with Crippen LogP contribution in [-0.4, -0.2) is 29.8 Å². The smallest absolute Gasteiger partial charge is 0.475 e. The van der Waals surface area contributed by atoms with E-state index < -0.39 is 12.1 Å². The van der Waals surface area contributed by atoms with Crippen LogP contribution in [0.5, 0.6) is 0 Å². The molecule has 0 radical (unpaired) electrons. The fourth-order valence-electron chi connectivity index (χ4n) is 0.323. The van der Waals surface area contributed by atoms with Crippen LogP contribution in [0.2, 0.25) is 0 Å². The van der Waals surface area contributed by atoms with Gasteiger partial charge in [-0.1, -0.05) is 0 Å². The minimum atomic E-state index is -5.08. The Balaban J connectivity index is 0.000000223.